The van der Waals surface area contributed by atoms with Crippen LogP contribution < -0.4 is 5.90 Å². The predicted molar refractivity (Wildman–Crippen MR) is 59.7 cm³/mol. The normalized spacial score (nSPS) is 26.3. The molecule has 0 aromatic carbocycles. The van der Waals surface area contributed by atoms with Gasteiger partial charge in [0.25, 0.3) is 0 Å². The molecule has 0 saturated heterocycles. The lowest BCUT2D eigenvalue weighted by atomic mass is 9.71. The van der Waals surface area contributed by atoms with Crippen LogP contribution in [0.3, 0.4) is 0 Å². The Morgan fingerprint density at radius 3 is 2.00 bits per heavy atom. The third-order valence-electron chi connectivity index (χ3n) is 4.57. The van der Waals surface area contributed by atoms with Gasteiger partial charge in [0, 0.05) is 0 Å². The van der Waals surface area contributed by atoms with Gasteiger partial charge in [-0.05, 0) is 29.6 Å². The molecule has 1 atom stereocenters. The Morgan fingerprint density at radius 2 is 1.67 bits per heavy atom. The van der Waals surface area contributed by atoms with Gasteiger partial charge in [-0.1, -0.05) is 34.6 Å². The van der Waals surface area contributed by atoms with Gasteiger partial charge in [0.05, 0.1) is 5.92 Å². The number of nitrogens with two attached hydrogens (primary N) is 1. The van der Waals surface area contributed by atoms with Crippen LogP contribution in [0, 0.1) is 22.7 Å². The first-order chi connectivity index (χ1) is 6.71. The van der Waals surface area contributed by atoms with Crippen molar-refractivity contribution < 1.29 is 9.63 Å². The molecule has 0 aromatic heterocycles. The molecular weight excluding hydrogens is 190 g/mol. The van der Waals surface area contributed by atoms with Crippen LogP contribution in [0.2, 0.25) is 0 Å². The monoisotopic (exact) mass is 213 g/mol. The van der Waals surface area contributed by atoms with E-state index >= 15 is 0 Å². The molecule has 2 N–H and O–H groups in total. The standard InChI is InChI=1S/C12H23NO2/c1-8(10(14)15-13)9-6-11(2,3)12(4,5)7-9/h8-9H,6-7,13H2,1-5H3. The number of hydrogen-bond acceptors (Lipinski definition) is 3. The van der Waals surface area contributed by atoms with E-state index in [4.69, 9.17) is 5.90 Å². The number of rotatable bonds is 2. The molecule has 15 heavy (non-hydrogen) atoms. The van der Waals surface area contributed by atoms with E-state index in [2.05, 4.69) is 32.5 Å². The van der Waals surface area contributed by atoms with Crippen molar-refractivity contribution in [1.82, 2.24) is 0 Å². The van der Waals surface area contributed by atoms with Gasteiger partial charge in [-0.25, -0.2) is 0 Å². The number of carbonyl (C=O) groups excluding carboxylic acids is 1. The zero-order valence-electron chi connectivity index (χ0n) is 10.5. The first-order valence-electron chi connectivity index (χ1n) is 5.62. The summed E-state index contributed by atoms with van der Waals surface area (Å²) < 4.78 is 0. The largest absolute Gasteiger partial charge is 0.373 e. The highest BCUT2D eigenvalue weighted by Gasteiger charge is 2.48. The Balaban J connectivity index is 2.75. The Morgan fingerprint density at radius 1 is 1.27 bits per heavy atom. The van der Waals surface area contributed by atoms with Crippen molar-refractivity contribution >= 4 is 5.97 Å². The van der Waals surface area contributed by atoms with E-state index in [1.807, 2.05) is 6.92 Å². The lowest BCUT2D eigenvalue weighted by Gasteiger charge is -2.34. The van der Waals surface area contributed by atoms with Crippen LogP contribution in [0.1, 0.15) is 47.5 Å². The van der Waals surface area contributed by atoms with E-state index in [-0.39, 0.29) is 22.7 Å². The fraction of sp³-hybridized carbons (Fsp3) is 0.917. The topological polar surface area (TPSA) is 52.3 Å². The van der Waals surface area contributed by atoms with Crippen LogP contribution in [0.5, 0.6) is 0 Å². The molecule has 1 saturated carbocycles. The van der Waals surface area contributed by atoms with Crippen LogP contribution in [0.15, 0.2) is 0 Å². The fourth-order valence-electron chi connectivity index (χ4n) is 2.59. The van der Waals surface area contributed by atoms with E-state index in [0.29, 0.717) is 5.92 Å². The summed E-state index contributed by atoms with van der Waals surface area (Å²) in [7, 11) is 0. The van der Waals surface area contributed by atoms with Crippen molar-refractivity contribution in [3.63, 3.8) is 0 Å². The first-order valence-corrected chi connectivity index (χ1v) is 5.62. The minimum absolute atomic E-state index is 0.0870. The van der Waals surface area contributed by atoms with Gasteiger partial charge in [0.15, 0.2) is 0 Å². The maximum absolute atomic E-state index is 11.4. The Hall–Kier alpha value is -0.570. The molecule has 0 heterocycles. The molecule has 1 fully saturated rings. The summed E-state index contributed by atoms with van der Waals surface area (Å²) in [6.07, 6.45) is 2.13. The molecule has 0 spiro atoms. The van der Waals surface area contributed by atoms with Crippen LogP contribution in [-0.2, 0) is 9.63 Å². The van der Waals surface area contributed by atoms with Gasteiger partial charge in [0.2, 0.25) is 0 Å². The summed E-state index contributed by atoms with van der Waals surface area (Å²) in [6, 6.07) is 0. The summed E-state index contributed by atoms with van der Waals surface area (Å²) >= 11 is 0. The average Bonchev–Trinajstić information content (AvgIpc) is 2.33. The van der Waals surface area contributed by atoms with E-state index in [1.54, 1.807) is 0 Å². The van der Waals surface area contributed by atoms with Crippen molar-refractivity contribution in [3.8, 4) is 0 Å². The van der Waals surface area contributed by atoms with E-state index < -0.39 is 0 Å². The number of carbonyl (C=O) groups is 1. The zero-order valence-corrected chi connectivity index (χ0v) is 10.5. The summed E-state index contributed by atoms with van der Waals surface area (Å²) in [6.45, 7) is 11.0. The molecule has 1 aliphatic rings. The zero-order chi connectivity index (χ0) is 11.9. The molecule has 3 nitrogen and oxygen atoms in total. The quantitative estimate of drug-likeness (QED) is 0.717. The molecule has 0 bridgehead atoms. The Labute approximate surface area is 92.3 Å². The molecule has 88 valence electrons. The molecule has 1 rings (SSSR count). The van der Waals surface area contributed by atoms with Crippen LogP contribution in [0.25, 0.3) is 0 Å². The van der Waals surface area contributed by atoms with Crippen molar-refractivity contribution in [2.45, 2.75) is 47.5 Å². The molecule has 0 amide bonds. The van der Waals surface area contributed by atoms with E-state index in [1.165, 1.54) is 0 Å². The summed E-state index contributed by atoms with van der Waals surface area (Å²) in [5, 5.41) is 0. The average molecular weight is 213 g/mol. The minimum Gasteiger partial charge on any atom is -0.373 e. The van der Waals surface area contributed by atoms with Crippen LogP contribution in [0.4, 0.5) is 0 Å². The maximum Gasteiger partial charge on any atom is 0.327 e. The van der Waals surface area contributed by atoms with Gasteiger partial charge >= 0.3 is 5.97 Å². The maximum atomic E-state index is 11.4. The second kappa shape index (κ2) is 3.78. The summed E-state index contributed by atoms with van der Waals surface area (Å²) in [5.41, 5.74) is 0.557. The predicted octanol–water partition coefficient (Wildman–Crippen LogP) is 2.50. The first kappa shape index (κ1) is 12.5. The molecular formula is C12H23NO2. The lowest BCUT2D eigenvalue weighted by molar-refractivity contribution is -0.150. The molecule has 1 aliphatic carbocycles. The highest BCUT2D eigenvalue weighted by Crippen LogP contribution is 2.56. The van der Waals surface area contributed by atoms with E-state index in [9.17, 15) is 4.79 Å². The van der Waals surface area contributed by atoms with Crippen LogP contribution in [-0.4, -0.2) is 5.97 Å². The smallest absolute Gasteiger partial charge is 0.327 e. The summed E-state index contributed by atoms with van der Waals surface area (Å²) in [4.78, 5) is 15.7. The molecule has 0 aromatic rings. The lowest BCUT2D eigenvalue weighted by Crippen LogP contribution is -2.25. The second-order valence-corrected chi connectivity index (χ2v) is 6.16. The van der Waals surface area contributed by atoms with E-state index in [0.717, 1.165) is 12.8 Å². The number of hydrogen-bond donors (Lipinski definition) is 1. The van der Waals surface area contributed by atoms with Crippen molar-refractivity contribution in [3.05, 3.63) is 0 Å². The van der Waals surface area contributed by atoms with Crippen molar-refractivity contribution in [2.24, 2.45) is 28.6 Å². The molecule has 0 aliphatic heterocycles. The Kier molecular flexibility index (Phi) is 3.15. The van der Waals surface area contributed by atoms with Gasteiger partial charge in [0.1, 0.15) is 0 Å². The van der Waals surface area contributed by atoms with Gasteiger partial charge in [-0.2, -0.15) is 5.90 Å². The van der Waals surface area contributed by atoms with Gasteiger partial charge < -0.3 is 4.84 Å². The third kappa shape index (κ3) is 2.17. The van der Waals surface area contributed by atoms with Crippen LogP contribution >= 0.6 is 0 Å². The summed E-state index contributed by atoms with van der Waals surface area (Å²) in [5.74, 6) is 4.95. The molecule has 1 unspecified atom stereocenters. The highest BCUT2D eigenvalue weighted by atomic mass is 16.7. The molecule has 3 heteroatoms. The SMILES string of the molecule is CC(C(=O)ON)C1CC(C)(C)C(C)(C)C1. The van der Waals surface area contributed by atoms with Crippen molar-refractivity contribution in [2.75, 3.05) is 0 Å². The second-order valence-electron chi connectivity index (χ2n) is 6.16. The Bertz CT molecular complexity index is 242. The van der Waals surface area contributed by atoms with Gasteiger partial charge in [-0.3, -0.25) is 4.79 Å². The highest BCUT2D eigenvalue weighted by molar-refractivity contribution is 5.72. The van der Waals surface area contributed by atoms with Gasteiger partial charge in [-0.15, -0.1) is 0 Å². The fourth-order valence-corrected chi connectivity index (χ4v) is 2.59. The molecule has 0 radical (unpaired) electrons. The van der Waals surface area contributed by atoms with Crippen molar-refractivity contribution in [1.29, 1.82) is 0 Å². The third-order valence-corrected chi connectivity index (χ3v) is 4.57. The minimum atomic E-state index is -0.284.